The summed E-state index contributed by atoms with van der Waals surface area (Å²) < 4.78 is 6.43. The molecule has 0 aliphatic carbocycles. The Labute approximate surface area is 145 Å². The Balaban J connectivity index is 1.93. The Hall–Kier alpha value is -2.34. The fraction of sp³-hybridized carbons (Fsp3) is 0.353. The van der Waals surface area contributed by atoms with Crippen LogP contribution >= 0.6 is 11.6 Å². The number of benzene rings is 1. The van der Waals surface area contributed by atoms with Crippen molar-refractivity contribution in [2.45, 2.75) is 32.9 Å². The summed E-state index contributed by atoms with van der Waals surface area (Å²) in [5, 5.41) is 4.84. The van der Waals surface area contributed by atoms with Crippen LogP contribution in [0.4, 0.5) is 5.69 Å². The molecule has 1 aromatic carbocycles. The van der Waals surface area contributed by atoms with E-state index in [-0.39, 0.29) is 12.5 Å². The molecule has 1 amide bonds. The van der Waals surface area contributed by atoms with Crippen LogP contribution in [-0.4, -0.2) is 34.8 Å². The number of carbonyl (C=O) groups excluding carboxylic acids is 2. The largest absolute Gasteiger partial charge is 0.467 e. The van der Waals surface area contributed by atoms with Crippen LogP contribution in [0.2, 0.25) is 5.02 Å². The Morgan fingerprint density at radius 1 is 1.33 bits per heavy atom. The molecule has 1 atom stereocenters. The minimum absolute atomic E-state index is 0.0151. The topological polar surface area (TPSA) is 64.4 Å². The molecular weight excluding hydrogens is 330 g/mol. The lowest BCUT2D eigenvalue weighted by Crippen LogP contribution is -2.45. The van der Waals surface area contributed by atoms with Crippen LogP contribution in [0.15, 0.2) is 24.3 Å². The number of esters is 1. The average molecular weight is 348 g/mol. The molecule has 2 aromatic rings. The van der Waals surface area contributed by atoms with Crippen molar-refractivity contribution in [1.29, 1.82) is 0 Å². The van der Waals surface area contributed by atoms with Gasteiger partial charge >= 0.3 is 5.97 Å². The molecule has 24 heavy (non-hydrogen) atoms. The first-order valence-electron chi connectivity index (χ1n) is 7.61. The summed E-state index contributed by atoms with van der Waals surface area (Å²) in [6.45, 7) is 3.62. The van der Waals surface area contributed by atoms with Crippen molar-refractivity contribution in [1.82, 2.24) is 9.78 Å². The number of hydrogen-bond acceptors (Lipinski definition) is 4. The number of carbonyl (C=O) groups is 2. The Morgan fingerprint density at radius 2 is 2.04 bits per heavy atom. The fourth-order valence-corrected chi connectivity index (χ4v) is 3.19. The molecule has 0 unspecified atom stereocenters. The second-order valence-electron chi connectivity index (χ2n) is 5.78. The summed E-state index contributed by atoms with van der Waals surface area (Å²) in [7, 11) is 1.33. The molecule has 0 saturated heterocycles. The lowest BCUT2D eigenvalue weighted by atomic mass is 10.1. The van der Waals surface area contributed by atoms with Crippen LogP contribution in [0.3, 0.4) is 0 Å². The summed E-state index contributed by atoms with van der Waals surface area (Å²) in [6.07, 6.45) is 0.451. The second-order valence-corrected chi connectivity index (χ2v) is 6.16. The van der Waals surface area contributed by atoms with E-state index in [1.54, 1.807) is 11.6 Å². The number of amides is 1. The van der Waals surface area contributed by atoms with Crippen molar-refractivity contribution in [3.63, 3.8) is 0 Å². The van der Waals surface area contributed by atoms with Crippen molar-refractivity contribution in [2.75, 3.05) is 12.0 Å². The summed E-state index contributed by atoms with van der Waals surface area (Å²) in [6, 6.07) is 6.84. The average Bonchev–Trinajstić information content (AvgIpc) is 3.08. The van der Waals surface area contributed by atoms with Crippen LogP contribution in [0.25, 0.3) is 0 Å². The number of halogens is 1. The third-order valence-corrected chi connectivity index (χ3v) is 4.84. The van der Waals surface area contributed by atoms with E-state index in [1.807, 2.05) is 31.2 Å². The minimum Gasteiger partial charge on any atom is -0.467 e. The van der Waals surface area contributed by atoms with Gasteiger partial charge in [0.15, 0.2) is 0 Å². The zero-order valence-electron chi connectivity index (χ0n) is 13.7. The van der Waals surface area contributed by atoms with Gasteiger partial charge in [-0.1, -0.05) is 29.8 Å². The number of hydrogen-bond donors (Lipinski definition) is 0. The number of rotatable bonds is 3. The normalized spacial score (nSPS) is 16.2. The van der Waals surface area contributed by atoms with Gasteiger partial charge in [0.2, 0.25) is 5.91 Å². The van der Waals surface area contributed by atoms with Crippen molar-refractivity contribution in [3.05, 3.63) is 46.2 Å². The zero-order valence-corrected chi connectivity index (χ0v) is 14.5. The smallest absolute Gasteiger partial charge is 0.329 e. The highest BCUT2D eigenvalue weighted by Crippen LogP contribution is 2.33. The summed E-state index contributed by atoms with van der Waals surface area (Å²) in [5.74, 6) is -0.649. The molecule has 0 radical (unpaired) electrons. The molecule has 0 saturated carbocycles. The molecule has 126 valence electrons. The van der Waals surface area contributed by atoms with Crippen molar-refractivity contribution in [3.8, 4) is 0 Å². The van der Waals surface area contributed by atoms with Gasteiger partial charge in [-0.25, -0.2) is 4.79 Å². The molecule has 1 aromatic heterocycles. The first-order chi connectivity index (χ1) is 11.4. The van der Waals surface area contributed by atoms with Crippen LogP contribution in [0.1, 0.15) is 17.0 Å². The van der Waals surface area contributed by atoms with Gasteiger partial charge in [-0.15, -0.1) is 0 Å². The van der Waals surface area contributed by atoms with E-state index in [4.69, 9.17) is 16.3 Å². The molecule has 1 aliphatic rings. The molecule has 0 spiro atoms. The molecule has 1 aliphatic heterocycles. The highest BCUT2D eigenvalue weighted by Gasteiger charge is 2.39. The maximum Gasteiger partial charge on any atom is 0.329 e. The quantitative estimate of drug-likeness (QED) is 0.799. The number of ether oxygens (including phenoxy) is 1. The first-order valence-corrected chi connectivity index (χ1v) is 7.99. The van der Waals surface area contributed by atoms with E-state index >= 15 is 0 Å². The molecule has 3 rings (SSSR count). The minimum atomic E-state index is -0.646. The Kier molecular flexibility index (Phi) is 4.32. The van der Waals surface area contributed by atoms with Crippen molar-refractivity contribution < 1.29 is 14.3 Å². The van der Waals surface area contributed by atoms with Crippen LogP contribution < -0.4 is 4.90 Å². The number of nitrogens with zero attached hydrogens (tertiary/aromatic N) is 3. The standard InChI is InChI=1S/C17H18ClN3O3/c1-10-16(18)11(2)20(19-10)9-15(22)21-13-7-5-4-6-12(13)8-14(21)17(23)24-3/h4-7,14H,8-9H2,1-3H3/t14-/m1/s1. The second kappa shape index (κ2) is 6.28. The van der Waals surface area contributed by atoms with Gasteiger partial charge in [-0.05, 0) is 25.5 Å². The lowest BCUT2D eigenvalue weighted by Gasteiger charge is -2.24. The van der Waals surface area contributed by atoms with Crippen molar-refractivity contribution >= 4 is 29.2 Å². The van der Waals surface area contributed by atoms with E-state index in [2.05, 4.69) is 5.10 Å². The van der Waals surface area contributed by atoms with Gasteiger partial charge in [0.05, 0.1) is 23.5 Å². The SMILES string of the molecule is COC(=O)[C@H]1Cc2ccccc2N1C(=O)Cn1nc(C)c(Cl)c1C. The number of anilines is 1. The van der Waals surface area contributed by atoms with E-state index in [9.17, 15) is 9.59 Å². The first kappa shape index (κ1) is 16.5. The van der Waals surface area contributed by atoms with Gasteiger partial charge in [-0.2, -0.15) is 5.10 Å². The number of aryl methyl sites for hydroxylation is 1. The number of methoxy groups -OCH3 is 1. The van der Waals surface area contributed by atoms with E-state index in [0.717, 1.165) is 16.9 Å². The van der Waals surface area contributed by atoms with Crippen molar-refractivity contribution in [2.24, 2.45) is 0 Å². The molecule has 6 nitrogen and oxygen atoms in total. The van der Waals surface area contributed by atoms with Gasteiger partial charge in [0.25, 0.3) is 0 Å². The fourth-order valence-electron chi connectivity index (χ4n) is 3.05. The van der Waals surface area contributed by atoms with Gasteiger partial charge < -0.3 is 4.74 Å². The zero-order chi connectivity index (χ0) is 17.4. The third kappa shape index (κ3) is 2.67. The molecule has 0 bridgehead atoms. The van der Waals surface area contributed by atoms with Crippen LogP contribution in [-0.2, 0) is 27.3 Å². The molecule has 2 heterocycles. The molecule has 7 heteroatoms. The van der Waals surface area contributed by atoms with Gasteiger partial charge in [0, 0.05) is 12.1 Å². The summed E-state index contributed by atoms with van der Waals surface area (Å²) in [4.78, 5) is 26.5. The highest BCUT2D eigenvalue weighted by atomic mass is 35.5. The van der Waals surface area contributed by atoms with E-state index in [0.29, 0.717) is 17.1 Å². The molecule has 0 N–H and O–H groups in total. The lowest BCUT2D eigenvalue weighted by molar-refractivity contribution is -0.143. The van der Waals surface area contributed by atoms with Crippen LogP contribution in [0.5, 0.6) is 0 Å². The molecular formula is C17H18ClN3O3. The highest BCUT2D eigenvalue weighted by molar-refractivity contribution is 6.31. The maximum atomic E-state index is 12.9. The van der Waals surface area contributed by atoms with Gasteiger partial charge in [-0.3, -0.25) is 14.4 Å². The maximum absolute atomic E-state index is 12.9. The Bertz CT molecular complexity index is 815. The predicted octanol–water partition coefficient (Wildman–Crippen LogP) is 2.28. The summed E-state index contributed by atoms with van der Waals surface area (Å²) >= 11 is 6.14. The van der Waals surface area contributed by atoms with Gasteiger partial charge in [0.1, 0.15) is 12.6 Å². The molecule has 0 fully saturated rings. The van der Waals surface area contributed by atoms with E-state index in [1.165, 1.54) is 12.0 Å². The van der Waals surface area contributed by atoms with Crippen LogP contribution in [0, 0.1) is 13.8 Å². The number of para-hydroxylation sites is 1. The van der Waals surface area contributed by atoms with E-state index < -0.39 is 12.0 Å². The predicted molar refractivity (Wildman–Crippen MR) is 90.1 cm³/mol. The third-order valence-electron chi connectivity index (χ3n) is 4.30. The Morgan fingerprint density at radius 3 is 2.67 bits per heavy atom. The summed E-state index contributed by atoms with van der Waals surface area (Å²) in [5.41, 5.74) is 3.09. The number of fused-ring (bicyclic) bond motifs is 1. The number of aromatic nitrogens is 2. The monoisotopic (exact) mass is 347 g/mol.